The maximum absolute atomic E-state index is 11.8. The van der Waals surface area contributed by atoms with Crippen molar-refractivity contribution >= 4 is 106 Å². The number of carbonyl (C=O) groups excluding carboxylic acids is 14. The van der Waals surface area contributed by atoms with Crippen molar-refractivity contribution in [2.24, 2.45) is 60.5 Å². The van der Waals surface area contributed by atoms with Crippen LogP contribution < -0.4 is 49.1 Å². The van der Waals surface area contributed by atoms with Crippen LogP contribution in [0.15, 0.2) is 36.5 Å². The molecule has 0 rings (SSSR count). The number of ketones is 3. The number of amides is 6. The van der Waals surface area contributed by atoms with Gasteiger partial charge in [0.1, 0.15) is 30.6 Å². The molecule has 0 saturated heterocycles. The molecule has 0 heterocycles. The van der Waals surface area contributed by atoms with Crippen LogP contribution in [0.25, 0.3) is 0 Å². The Morgan fingerprint density at radius 2 is 0.474 bits per heavy atom. The molecule has 6 amide bonds. The Kier molecular flexibility index (Phi) is 85.3. The summed E-state index contributed by atoms with van der Waals surface area (Å²) in [6, 6.07) is 0. The third kappa shape index (κ3) is 86.3. The highest BCUT2D eigenvalue weighted by molar-refractivity contribution is 7.52. The van der Waals surface area contributed by atoms with Gasteiger partial charge in [0.15, 0.2) is 0 Å². The number of phosphoric ester groups is 2. The molecule has 806 valence electrons. The molecule has 0 aliphatic rings. The summed E-state index contributed by atoms with van der Waals surface area (Å²) in [5, 5.41) is 16.8. The predicted octanol–water partition coefficient (Wildman–Crippen LogP) is 13.0. The molecule has 39 nitrogen and oxygen atoms in total. The van der Waals surface area contributed by atoms with E-state index in [4.69, 9.17) is 70.2 Å². The zero-order valence-corrected chi connectivity index (χ0v) is 91.6. The van der Waals surface area contributed by atoms with Crippen molar-refractivity contribution in [3.05, 3.63) is 36.5 Å². The van der Waals surface area contributed by atoms with Crippen LogP contribution in [0, 0.1) is 43.3 Å². The van der Waals surface area contributed by atoms with Crippen LogP contribution in [0.5, 0.6) is 0 Å². The SMILES string of the molecule is C=C(C)C(=O)OCCCC(=O)CCCNC(=O)C(C)(C)CC.C=C(C)C(=O)OCCCC(=O)CCCNC(=O)C(C)(C)CC.C=C(C)C(=O)OCCCC(=O)CCCNC(=O)C(C)(C)CC.CCC(C)(C)C(=O)NCCN.CCC(C)(C)C(=O)NCCN.CCC(C)(C)C(=O)NCCN.CCC(C)(C)C(=O)OCCOP(=O)(O)O.CCC(C)(C)C(=O)OCCOP(=O)(O)O.CCC(C)P(=O)(O)O. The maximum atomic E-state index is 11.8. The van der Waals surface area contributed by atoms with E-state index in [1.807, 2.05) is 138 Å². The largest absolute Gasteiger partial charge is 0.469 e. The number of nitrogens with two attached hydrogens (primary N) is 3. The highest BCUT2D eigenvalue weighted by Crippen LogP contribution is 2.42. The summed E-state index contributed by atoms with van der Waals surface area (Å²) in [6.07, 6.45) is 12.6. The Morgan fingerprint density at radius 3 is 0.620 bits per heavy atom. The number of carbonyl (C=O) groups is 14. The smallest absolute Gasteiger partial charge is 0.463 e. The Hall–Kier alpha value is -7.35. The molecule has 0 radical (unpaired) electrons. The molecule has 0 aromatic heterocycles. The molecule has 42 heteroatoms. The Balaban J connectivity index is -0.000000196. The maximum Gasteiger partial charge on any atom is 0.469 e. The molecule has 0 saturated carbocycles. The lowest BCUT2D eigenvalue weighted by Crippen LogP contribution is -2.38. The molecule has 137 heavy (non-hydrogen) atoms. The van der Waals surface area contributed by atoms with Gasteiger partial charge in [0.05, 0.1) is 49.5 Å². The van der Waals surface area contributed by atoms with Crippen molar-refractivity contribution < 1.29 is 143 Å². The van der Waals surface area contributed by atoms with Crippen molar-refractivity contribution in [2.75, 3.05) is 105 Å². The minimum atomic E-state index is -4.46. The van der Waals surface area contributed by atoms with Gasteiger partial charge < -0.3 is 102 Å². The minimum absolute atomic E-state index is 0.0224. The van der Waals surface area contributed by atoms with E-state index in [0.29, 0.717) is 172 Å². The number of Topliss-reactive ketones (excluding diaryl/α,β-unsaturated/α-hetero) is 3. The quantitative estimate of drug-likeness (QED) is 0.00884. The fourth-order valence-electron chi connectivity index (χ4n) is 7.96. The number of phosphoric acid groups is 2. The molecular formula is C95H186N9O30P3. The second-order valence-electron chi connectivity index (χ2n) is 37.6. The molecule has 0 bridgehead atoms. The van der Waals surface area contributed by atoms with Crippen LogP contribution >= 0.6 is 23.2 Å². The fourth-order valence-corrected chi connectivity index (χ4v) is 9.06. The Morgan fingerprint density at radius 1 is 0.292 bits per heavy atom. The summed E-state index contributed by atoms with van der Waals surface area (Å²) in [5.74, 6) is -1.38. The van der Waals surface area contributed by atoms with E-state index in [1.165, 1.54) is 0 Å². The van der Waals surface area contributed by atoms with Gasteiger partial charge in [-0.1, -0.05) is 172 Å². The van der Waals surface area contributed by atoms with Gasteiger partial charge in [-0.05, 0) is 145 Å². The minimum Gasteiger partial charge on any atom is -0.463 e. The third-order valence-corrected chi connectivity index (χ3v) is 24.3. The monoisotopic (exact) mass is 2030 g/mol. The summed E-state index contributed by atoms with van der Waals surface area (Å²) in [7, 11) is -12.7. The van der Waals surface area contributed by atoms with Crippen molar-refractivity contribution in [3.8, 4) is 0 Å². The highest BCUT2D eigenvalue weighted by atomic mass is 31.2. The first-order valence-electron chi connectivity index (χ1n) is 47.2. The van der Waals surface area contributed by atoms with Crippen molar-refractivity contribution in [2.45, 2.75) is 341 Å². The lowest BCUT2D eigenvalue weighted by atomic mass is 9.89. The molecule has 0 aliphatic carbocycles. The average Bonchev–Trinajstić information content (AvgIpc) is 0.838. The molecule has 0 aromatic carbocycles. The summed E-state index contributed by atoms with van der Waals surface area (Å²) in [5.41, 5.74) is 13.3. The number of hydrogen-bond donors (Lipinski definition) is 15. The molecule has 0 fully saturated rings. The van der Waals surface area contributed by atoms with Crippen LogP contribution in [0.1, 0.15) is 336 Å². The van der Waals surface area contributed by atoms with Gasteiger partial charge in [-0.2, -0.15) is 0 Å². The molecule has 1 atom stereocenters. The van der Waals surface area contributed by atoms with Crippen LogP contribution in [0.2, 0.25) is 0 Å². The van der Waals surface area contributed by atoms with Gasteiger partial charge in [-0.3, -0.25) is 66.4 Å². The first-order chi connectivity index (χ1) is 62.6. The molecule has 0 aliphatic heterocycles. The van der Waals surface area contributed by atoms with E-state index in [0.717, 1.165) is 38.5 Å². The third-order valence-electron chi connectivity index (χ3n) is 21.8. The number of nitrogens with one attached hydrogen (secondary N) is 6. The van der Waals surface area contributed by atoms with Gasteiger partial charge in [0.25, 0.3) is 0 Å². The first-order valence-corrected chi connectivity index (χ1v) is 52.0. The van der Waals surface area contributed by atoms with E-state index in [9.17, 15) is 80.8 Å². The van der Waals surface area contributed by atoms with E-state index in [2.05, 4.69) is 60.7 Å². The highest BCUT2D eigenvalue weighted by Gasteiger charge is 2.32. The predicted molar refractivity (Wildman–Crippen MR) is 535 cm³/mol. The summed E-state index contributed by atoms with van der Waals surface area (Å²) < 4.78 is 63.3. The second-order valence-corrected chi connectivity index (χ2v) is 42.1. The van der Waals surface area contributed by atoms with E-state index in [1.54, 1.807) is 62.3 Å². The van der Waals surface area contributed by atoms with Gasteiger partial charge in [-0.25, -0.2) is 23.5 Å². The van der Waals surface area contributed by atoms with Crippen molar-refractivity contribution in [1.29, 1.82) is 0 Å². The number of hydrogen-bond acceptors (Lipinski definition) is 27. The van der Waals surface area contributed by atoms with Gasteiger partial charge in [0.2, 0.25) is 35.4 Å². The van der Waals surface area contributed by atoms with Crippen LogP contribution in [-0.2, 0) is 114 Å². The van der Waals surface area contributed by atoms with Gasteiger partial charge >= 0.3 is 53.1 Å². The Labute approximate surface area is 820 Å². The zero-order valence-electron chi connectivity index (χ0n) is 88.9. The fraction of sp³-hybridized carbons (Fsp3) is 0.789. The lowest BCUT2D eigenvalue weighted by Gasteiger charge is -2.21. The van der Waals surface area contributed by atoms with Gasteiger partial charge in [-0.15, -0.1) is 0 Å². The van der Waals surface area contributed by atoms with Crippen LogP contribution in [-0.4, -0.2) is 223 Å². The Bertz CT molecular complexity index is 3380. The van der Waals surface area contributed by atoms with Crippen LogP contribution in [0.4, 0.5) is 0 Å². The van der Waals surface area contributed by atoms with Crippen LogP contribution in [0.3, 0.4) is 0 Å². The van der Waals surface area contributed by atoms with Crippen molar-refractivity contribution in [1.82, 2.24) is 31.9 Å². The first kappa shape index (κ1) is 147. The van der Waals surface area contributed by atoms with E-state index in [-0.39, 0.29) is 132 Å². The normalized spacial score (nSPS) is 11.7. The standard InChI is InChI=1S/3C17H29NO4.3C8H18N2O.2C8H17O6P.C4H11O3P/c3*1-6-17(4,5)16(21)18-11-7-9-14(19)10-8-12-22-15(20)13(2)3;3*1-4-8(2,3)7(11)10-6-5-9;2*1-4-8(2,3)7(9)13-5-6-14-15(10,11)12;1-3-4(2)8(5,6)7/h3*2,6-12H2,1,3-5H3,(H,18,21);3*4-6,9H2,1-3H3,(H,10,11);2*4-6H2,1-3H3,(H2,10,11,12);4H,3H2,1-2H3,(H2,5,6,7). The number of rotatable bonds is 59. The molecule has 0 aromatic rings. The van der Waals surface area contributed by atoms with E-state index < -0.39 is 69.6 Å². The summed E-state index contributed by atoms with van der Waals surface area (Å²) in [6.45, 7) is 68.6. The molecular weight excluding hydrogens is 1840 g/mol. The summed E-state index contributed by atoms with van der Waals surface area (Å²) in [4.78, 5) is 210. The number of ether oxygens (including phenoxy) is 5. The molecule has 1 unspecified atom stereocenters. The summed E-state index contributed by atoms with van der Waals surface area (Å²) >= 11 is 0. The number of esters is 5. The van der Waals surface area contributed by atoms with Crippen molar-refractivity contribution in [3.63, 3.8) is 0 Å². The van der Waals surface area contributed by atoms with E-state index >= 15 is 0 Å². The second kappa shape index (κ2) is 79.2. The average molecular weight is 2030 g/mol. The lowest BCUT2D eigenvalue weighted by molar-refractivity contribution is -0.155. The molecule has 0 spiro atoms. The van der Waals surface area contributed by atoms with Gasteiger partial charge in [0, 0.05) is 147 Å². The topological polar surface area (TPSA) is 626 Å². The molecule has 18 N–H and O–H groups in total. The zero-order chi connectivity index (χ0) is 109.